The maximum absolute atomic E-state index is 6.09. The number of rotatable bonds is 4. The smallest absolute Gasteiger partial charge is 0.177 e. The first-order chi connectivity index (χ1) is 9.29. The van der Waals surface area contributed by atoms with E-state index >= 15 is 0 Å². The van der Waals surface area contributed by atoms with E-state index in [-0.39, 0.29) is 6.04 Å². The summed E-state index contributed by atoms with van der Waals surface area (Å²) in [6.45, 7) is 2.09. The van der Waals surface area contributed by atoms with E-state index in [9.17, 15) is 0 Å². The topological polar surface area (TPSA) is 74.0 Å². The molecule has 3 aromatic heterocycles. The van der Waals surface area contributed by atoms with Crippen LogP contribution in [0, 0.1) is 0 Å². The van der Waals surface area contributed by atoms with Crippen LogP contribution in [0.2, 0.25) is 0 Å². The largest absolute Gasteiger partial charge is 0.327 e. The van der Waals surface area contributed by atoms with Crippen molar-refractivity contribution in [1.82, 2.24) is 24.1 Å². The van der Waals surface area contributed by atoms with Crippen LogP contribution in [0.5, 0.6) is 0 Å². The first-order valence-electron chi connectivity index (χ1n) is 6.36. The number of nitrogens with zero attached hydrogens (tertiary/aromatic N) is 5. The lowest BCUT2D eigenvalue weighted by Gasteiger charge is -2.10. The Kier molecular flexibility index (Phi) is 3.00. The van der Waals surface area contributed by atoms with Crippen LogP contribution < -0.4 is 5.73 Å². The lowest BCUT2D eigenvalue weighted by molar-refractivity contribution is 0.629. The normalized spacial score (nSPS) is 12.9. The van der Waals surface area contributed by atoms with Crippen LogP contribution in [0.25, 0.3) is 11.5 Å². The molecule has 0 saturated carbocycles. The maximum atomic E-state index is 6.09. The van der Waals surface area contributed by atoms with Crippen LogP contribution in [-0.2, 0) is 6.42 Å². The Morgan fingerprint density at radius 3 is 3.00 bits per heavy atom. The number of nitrogens with two attached hydrogens (primary N) is 1. The highest BCUT2D eigenvalue weighted by Crippen LogP contribution is 2.17. The Labute approximate surface area is 110 Å². The molecule has 6 heteroatoms. The van der Waals surface area contributed by atoms with E-state index < -0.39 is 0 Å². The van der Waals surface area contributed by atoms with Gasteiger partial charge < -0.3 is 10.1 Å². The first kappa shape index (κ1) is 11.9. The van der Waals surface area contributed by atoms with Gasteiger partial charge in [-0.3, -0.25) is 0 Å². The Morgan fingerprint density at radius 1 is 1.37 bits per heavy atom. The summed E-state index contributed by atoms with van der Waals surface area (Å²) in [5, 5.41) is 4.16. The molecule has 2 N–H and O–H groups in total. The molecule has 1 atom stereocenters. The lowest BCUT2D eigenvalue weighted by atomic mass is 10.1. The van der Waals surface area contributed by atoms with Crippen LogP contribution in [0.15, 0.2) is 37.1 Å². The third-order valence-corrected chi connectivity index (χ3v) is 3.22. The molecule has 0 bridgehead atoms. The molecule has 0 spiro atoms. The minimum atomic E-state index is 0.113. The van der Waals surface area contributed by atoms with Crippen molar-refractivity contribution in [3.05, 3.63) is 42.7 Å². The highest BCUT2D eigenvalue weighted by atomic mass is 15.4. The second-order valence-electron chi connectivity index (χ2n) is 4.52. The van der Waals surface area contributed by atoms with E-state index in [1.165, 1.54) is 6.33 Å². The molecule has 0 fully saturated rings. The van der Waals surface area contributed by atoms with Gasteiger partial charge in [-0.05, 0) is 18.6 Å². The number of imidazole rings is 1. The van der Waals surface area contributed by atoms with Crippen molar-refractivity contribution in [2.75, 3.05) is 0 Å². The van der Waals surface area contributed by atoms with E-state index in [1.54, 1.807) is 11.0 Å². The van der Waals surface area contributed by atoms with Gasteiger partial charge in [0.25, 0.3) is 0 Å². The Balaban J connectivity index is 2.17. The average molecular weight is 256 g/mol. The van der Waals surface area contributed by atoms with Gasteiger partial charge in [-0.15, -0.1) is 0 Å². The van der Waals surface area contributed by atoms with E-state index in [2.05, 4.69) is 26.4 Å². The molecule has 0 aliphatic heterocycles. The number of aromatic nitrogens is 5. The van der Waals surface area contributed by atoms with E-state index in [4.69, 9.17) is 5.73 Å². The fourth-order valence-electron chi connectivity index (χ4n) is 2.12. The number of pyridine rings is 1. The van der Waals surface area contributed by atoms with Crippen LogP contribution in [-0.4, -0.2) is 30.2 Å². The Morgan fingerprint density at radius 2 is 2.26 bits per heavy atom. The summed E-state index contributed by atoms with van der Waals surface area (Å²) in [6, 6.07) is 6.04. The molecule has 3 rings (SSSR count). The zero-order valence-electron chi connectivity index (χ0n) is 10.8. The molecule has 0 aromatic carbocycles. The van der Waals surface area contributed by atoms with Crippen molar-refractivity contribution in [2.45, 2.75) is 25.8 Å². The van der Waals surface area contributed by atoms with E-state index in [0.29, 0.717) is 0 Å². The van der Waals surface area contributed by atoms with Crippen LogP contribution >= 0.6 is 0 Å². The molecule has 0 aliphatic rings. The predicted octanol–water partition coefficient (Wildman–Crippen LogP) is 1.19. The molecule has 0 radical (unpaired) electrons. The molecule has 0 saturated heterocycles. The predicted molar refractivity (Wildman–Crippen MR) is 72.1 cm³/mol. The summed E-state index contributed by atoms with van der Waals surface area (Å²) >= 11 is 0. The lowest BCUT2D eigenvalue weighted by Crippen LogP contribution is -2.23. The highest BCUT2D eigenvalue weighted by Gasteiger charge is 2.16. The molecule has 3 aromatic rings. The third kappa shape index (κ3) is 2.10. The number of hydrogen-bond acceptors (Lipinski definition) is 4. The van der Waals surface area contributed by atoms with Gasteiger partial charge in [-0.1, -0.05) is 13.0 Å². The minimum absolute atomic E-state index is 0.113. The second kappa shape index (κ2) is 4.81. The molecular weight excluding hydrogens is 240 g/mol. The van der Waals surface area contributed by atoms with Crippen molar-refractivity contribution < 1.29 is 0 Å². The summed E-state index contributed by atoms with van der Waals surface area (Å²) in [7, 11) is 0. The van der Waals surface area contributed by atoms with Crippen molar-refractivity contribution in [3.63, 3.8) is 0 Å². The molecule has 1 unspecified atom stereocenters. The molecule has 0 amide bonds. The Bertz CT molecular complexity index is 670. The molecular formula is C13H16N6. The van der Waals surface area contributed by atoms with Gasteiger partial charge in [0.2, 0.25) is 0 Å². The van der Waals surface area contributed by atoms with Gasteiger partial charge in [-0.2, -0.15) is 5.10 Å². The fourth-order valence-corrected chi connectivity index (χ4v) is 2.12. The summed E-state index contributed by atoms with van der Waals surface area (Å²) in [6.07, 6.45) is 6.85. The third-order valence-electron chi connectivity index (χ3n) is 3.22. The van der Waals surface area contributed by atoms with Crippen LogP contribution in [0.3, 0.4) is 0 Å². The van der Waals surface area contributed by atoms with Crippen molar-refractivity contribution in [2.24, 2.45) is 5.73 Å². The van der Waals surface area contributed by atoms with Gasteiger partial charge in [0, 0.05) is 18.7 Å². The van der Waals surface area contributed by atoms with Crippen LogP contribution in [0.4, 0.5) is 0 Å². The second-order valence-corrected chi connectivity index (χ2v) is 4.52. The van der Waals surface area contributed by atoms with E-state index in [1.807, 2.05) is 24.4 Å². The van der Waals surface area contributed by atoms with Gasteiger partial charge in [0.15, 0.2) is 5.82 Å². The zero-order valence-corrected chi connectivity index (χ0v) is 10.8. The zero-order chi connectivity index (χ0) is 13.2. The maximum Gasteiger partial charge on any atom is 0.177 e. The highest BCUT2D eigenvalue weighted by molar-refractivity contribution is 5.48. The van der Waals surface area contributed by atoms with E-state index in [0.717, 1.165) is 30.0 Å². The molecule has 19 heavy (non-hydrogen) atoms. The summed E-state index contributed by atoms with van der Waals surface area (Å²) < 4.78 is 3.75. The molecule has 98 valence electrons. The molecule has 6 nitrogen and oxygen atoms in total. The quantitative estimate of drug-likeness (QED) is 0.761. The minimum Gasteiger partial charge on any atom is -0.327 e. The number of fused-ring (bicyclic) bond motifs is 1. The summed E-state index contributed by atoms with van der Waals surface area (Å²) in [5.41, 5.74) is 8.05. The van der Waals surface area contributed by atoms with Crippen molar-refractivity contribution in [3.8, 4) is 5.82 Å². The fraction of sp³-hybridized carbons (Fsp3) is 0.308. The van der Waals surface area contributed by atoms with Gasteiger partial charge in [-0.25, -0.2) is 14.6 Å². The summed E-state index contributed by atoms with van der Waals surface area (Å²) in [5.74, 6) is 0.799. The van der Waals surface area contributed by atoms with Crippen molar-refractivity contribution >= 4 is 5.65 Å². The van der Waals surface area contributed by atoms with Gasteiger partial charge in [0.1, 0.15) is 18.3 Å². The SMILES string of the molecule is CCC(N)Cc1c(-n2cncn2)nc2ccccn12. The van der Waals surface area contributed by atoms with Crippen LogP contribution in [0.1, 0.15) is 19.0 Å². The average Bonchev–Trinajstić information content (AvgIpc) is 3.06. The Hall–Kier alpha value is -2.21. The van der Waals surface area contributed by atoms with Gasteiger partial charge >= 0.3 is 0 Å². The first-order valence-corrected chi connectivity index (χ1v) is 6.36. The molecule has 0 aliphatic carbocycles. The van der Waals surface area contributed by atoms with Gasteiger partial charge in [0.05, 0.1) is 5.69 Å². The van der Waals surface area contributed by atoms with Crippen molar-refractivity contribution in [1.29, 1.82) is 0 Å². The molecule has 3 heterocycles. The standard InChI is InChI=1S/C13H16N6/c1-2-10(14)7-11-13(19-9-15-8-16-19)17-12-5-3-4-6-18(11)12/h3-6,8-10H,2,7,14H2,1H3. The summed E-state index contributed by atoms with van der Waals surface area (Å²) in [4.78, 5) is 8.59. The monoisotopic (exact) mass is 256 g/mol. The number of hydrogen-bond donors (Lipinski definition) is 1.